The molecule has 2 fully saturated rings. The molecule has 0 spiro atoms. The van der Waals surface area contributed by atoms with E-state index >= 15 is 0 Å². The van der Waals surface area contributed by atoms with Crippen molar-refractivity contribution in [3.8, 4) is 5.75 Å². The van der Waals surface area contributed by atoms with Gasteiger partial charge in [0.05, 0.1) is 19.2 Å². The molecule has 1 aromatic carbocycles. The second-order valence-corrected chi connectivity index (χ2v) is 10.2. The van der Waals surface area contributed by atoms with Gasteiger partial charge in [-0.2, -0.15) is 0 Å². The minimum Gasteiger partial charge on any atom is -0.497 e. The molecule has 3 amide bonds. The number of imide groups is 1. The zero-order valence-corrected chi connectivity index (χ0v) is 18.7. The summed E-state index contributed by atoms with van der Waals surface area (Å²) in [7, 11) is 1.56. The van der Waals surface area contributed by atoms with Gasteiger partial charge in [-0.3, -0.25) is 14.4 Å². The van der Waals surface area contributed by atoms with Crippen molar-refractivity contribution in [2.24, 2.45) is 16.7 Å². The monoisotopic (exact) mass is 400 g/mol. The molecule has 158 valence electrons. The Morgan fingerprint density at radius 2 is 1.59 bits per heavy atom. The molecule has 3 rings (SSSR count). The summed E-state index contributed by atoms with van der Waals surface area (Å²) in [6.07, 6.45) is 0.00144. The SMILES string of the molecule is COc1ccc(N2C(=O)CC(N(C(=O)C3C(C)(C)C3(C)C)C(C)(C)C)C2=O)cc1. The van der Waals surface area contributed by atoms with Crippen LogP contribution in [0.3, 0.4) is 0 Å². The van der Waals surface area contributed by atoms with E-state index in [1.165, 1.54) is 4.90 Å². The number of hydrogen-bond donors (Lipinski definition) is 0. The van der Waals surface area contributed by atoms with E-state index in [-0.39, 0.29) is 40.9 Å². The Morgan fingerprint density at radius 3 is 2.00 bits per heavy atom. The van der Waals surface area contributed by atoms with Crippen molar-refractivity contribution >= 4 is 23.4 Å². The molecule has 29 heavy (non-hydrogen) atoms. The summed E-state index contributed by atoms with van der Waals surface area (Å²) in [6.45, 7) is 14.1. The van der Waals surface area contributed by atoms with Gasteiger partial charge in [0.15, 0.2) is 0 Å². The quantitative estimate of drug-likeness (QED) is 0.724. The van der Waals surface area contributed by atoms with Gasteiger partial charge in [0, 0.05) is 11.5 Å². The molecule has 1 aliphatic carbocycles. The summed E-state index contributed by atoms with van der Waals surface area (Å²) in [6, 6.07) is 6.01. The van der Waals surface area contributed by atoms with E-state index in [1.54, 1.807) is 36.3 Å². The van der Waals surface area contributed by atoms with E-state index in [4.69, 9.17) is 4.74 Å². The minimum atomic E-state index is -0.788. The third-order valence-electron chi connectivity index (χ3n) is 6.99. The van der Waals surface area contributed by atoms with Crippen molar-refractivity contribution in [2.75, 3.05) is 12.0 Å². The molecular weight excluding hydrogens is 368 g/mol. The van der Waals surface area contributed by atoms with Crippen molar-refractivity contribution in [1.82, 2.24) is 4.90 Å². The number of carbonyl (C=O) groups excluding carboxylic acids is 3. The highest BCUT2D eigenvalue weighted by Gasteiger charge is 2.70. The number of carbonyl (C=O) groups is 3. The van der Waals surface area contributed by atoms with Crippen LogP contribution in [0.1, 0.15) is 54.9 Å². The second-order valence-electron chi connectivity index (χ2n) is 10.2. The average Bonchev–Trinajstić information content (AvgIpc) is 2.84. The molecule has 1 aromatic rings. The van der Waals surface area contributed by atoms with Crippen LogP contribution in [0, 0.1) is 16.7 Å². The Kier molecular flexibility index (Phi) is 4.84. The van der Waals surface area contributed by atoms with Crippen LogP contribution in [0.4, 0.5) is 5.69 Å². The van der Waals surface area contributed by atoms with Crippen LogP contribution in [-0.4, -0.2) is 41.3 Å². The van der Waals surface area contributed by atoms with E-state index in [0.717, 1.165) is 0 Å². The van der Waals surface area contributed by atoms with Gasteiger partial charge in [0.25, 0.3) is 5.91 Å². The van der Waals surface area contributed by atoms with Crippen LogP contribution in [0.15, 0.2) is 24.3 Å². The van der Waals surface area contributed by atoms with Gasteiger partial charge in [0.1, 0.15) is 11.8 Å². The van der Waals surface area contributed by atoms with Crippen LogP contribution < -0.4 is 9.64 Å². The van der Waals surface area contributed by atoms with Crippen molar-refractivity contribution in [3.05, 3.63) is 24.3 Å². The van der Waals surface area contributed by atoms with Gasteiger partial charge in [0.2, 0.25) is 11.8 Å². The number of rotatable bonds is 4. The maximum absolute atomic E-state index is 13.6. The maximum Gasteiger partial charge on any atom is 0.257 e. The van der Waals surface area contributed by atoms with E-state index < -0.39 is 11.6 Å². The zero-order valence-electron chi connectivity index (χ0n) is 18.7. The maximum atomic E-state index is 13.6. The highest BCUT2D eigenvalue weighted by Crippen LogP contribution is 2.69. The molecule has 0 bridgehead atoms. The normalized spacial score (nSPS) is 23.3. The lowest BCUT2D eigenvalue weighted by Gasteiger charge is -2.39. The third kappa shape index (κ3) is 3.22. The Morgan fingerprint density at radius 1 is 1.07 bits per heavy atom. The molecule has 0 radical (unpaired) electrons. The summed E-state index contributed by atoms with van der Waals surface area (Å²) in [5.74, 6) is -0.210. The topological polar surface area (TPSA) is 66.9 Å². The molecular formula is C23H32N2O4. The van der Waals surface area contributed by atoms with Gasteiger partial charge in [-0.05, 0) is 55.9 Å². The number of benzene rings is 1. The van der Waals surface area contributed by atoms with Crippen LogP contribution in [0.25, 0.3) is 0 Å². The Hall–Kier alpha value is -2.37. The average molecular weight is 401 g/mol. The van der Waals surface area contributed by atoms with Crippen molar-refractivity contribution in [3.63, 3.8) is 0 Å². The largest absolute Gasteiger partial charge is 0.497 e. The first-order valence-corrected chi connectivity index (χ1v) is 10.1. The molecule has 1 atom stereocenters. The fraction of sp³-hybridized carbons (Fsp3) is 0.609. The van der Waals surface area contributed by atoms with Gasteiger partial charge in [-0.25, -0.2) is 4.90 Å². The first-order chi connectivity index (χ1) is 13.2. The van der Waals surface area contributed by atoms with Gasteiger partial charge >= 0.3 is 0 Å². The lowest BCUT2D eigenvalue weighted by Crippen LogP contribution is -2.55. The summed E-state index contributed by atoms with van der Waals surface area (Å²) in [5.41, 5.74) is -0.372. The number of nitrogens with zero attached hydrogens (tertiary/aromatic N) is 2. The fourth-order valence-electron chi connectivity index (χ4n) is 4.72. The molecule has 1 heterocycles. The lowest BCUT2D eigenvalue weighted by atomic mass is 9.98. The molecule has 1 saturated heterocycles. The fourth-order valence-corrected chi connectivity index (χ4v) is 4.72. The number of ether oxygens (including phenoxy) is 1. The van der Waals surface area contributed by atoms with Crippen LogP contribution >= 0.6 is 0 Å². The Bertz CT molecular complexity index is 835. The van der Waals surface area contributed by atoms with Crippen LogP contribution in [-0.2, 0) is 14.4 Å². The van der Waals surface area contributed by atoms with E-state index in [9.17, 15) is 14.4 Å². The first-order valence-electron chi connectivity index (χ1n) is 10.1. The first kappa shape index (κ1) is 21.3. The van der Waals surface area contributed by atoms with Crippen molar-refractivity contribution in [1.29, 1.82) is 0 Å². The molecule has 6 nitrogen and oxygen atoms in total. The summed E-state index contributed by atoms with van der Waals surface area (Å²) in [5, 5.41) is 0. The highest BCUT2D eigenvalue weighted by atomic mass is 16.5. The van der Waals surface area contributed by atoms with Gasteiger partial charge < -0.3 is 9.64 Å². The molecule has 0 N–H and O–H groups in total. The standard InChI is InChI=1S/C23H32N2O4/c1-21(2,3)25(20(28)18-22(4,5)23(18,6)7)16-13-17(26)24(19(16)27)14-9-11-15(29-8)12-10-14/h9-12,16,18H,13H2,1-8H3. The van der Waals surface area contributed by atoms with E-state index in [0.29, 0.717) is 11.4 Å². The molecule has 6 heteroatoms. The highest BCUT2D eigenvalue weighted by molar-refractivity contribution is 6.23. The van der Waals surface area contributed by atoms with Crippen LogP contribution in [0.5, 0.6) is 5.75 Å². The number of hydrogen-bond acceptors (Lipinski definition) is 4. The summed E-state index contributed by atoms with van der Waals surface area (Å²) >= 11 is 0. The smallest absolute Gasteiger partial charge is 0.257 e. The molecule has 1 unspecified atom stereocenters. The molecule has 1 aliphatic heterocycles. The van der Waals surface area contributed by atoms with Crippen LogP contribution in [0.2, 0.25) is 0 Å². The second kappa shape index (κ2) is 6.57. The molecule has 2 aliphatic rings. The predicted octanol–water partition coefficient (Wildman–Crippen LogP) is 3.64. The van der Waals surface area contributed by atoms with Gasteiger partial charge in [-0.15, -0.1) is 0 Å². The zero-order chi connectivity index (χ0) is 21.9. The predicted molar refractivity (Wildman–Crippen MR) is 112 cm³/mol. The summed E-state index contributed by atoms with van der Waals surface area (Å²) in [4.78, 5) is 42.5. The third-order valence-corrected chi connectivity index (χ3v) is 6.99. The molecule has 1 saturated carbocycles. The molecule has 0 aromatic heterocycles. The Labute approximate surface area is 173 Å². The Balaban J connectivity index is 1.93. The minimum absolute atomic E-state index is 0.00144. The number of amides is 3. The van der Waals surface area contributed by atoms with E-state index in [1.807, 2.05) is 20.8 Å². The van der Waals surface area contributed by atoms with Crippen molar-refractivity contribution in [2.45, 2.75) is 66.5 Å². The number of anilines is 1. The van der Waals surface area contributed by atoms with Gasteiger partial charge in [-0.1, -0.05) is 27.7 Å². The summed E-state index contributed by atoms with van der Waals surface area (Å²) < 4.78 is 5.15. The lowest BCUT2D eigenvalue weighted by molar-refractivity contribution is -0.146. The van der Waals surface area contributed by atoms with Crippen molar-refractivity contribution < 1.29 is 19.1 Å². The number of methoxy groups -OCH3 is 1. The van der Waals surface area contributed by atoms with E-state index in [2.05, 4.69) is 27.7 Å².